The molecule has 0 unspecified atom stereocenters. The number of benzene rings is 1. The lowest BCUT2D eigenvalue weighted by Gasteiger charge is -1.92. The molecular weight excluding hydrogens is 150 g/mol. The summed E-state index contributed by atoms with van der Waals surface area (Å²) in [6, 6.07) is 10.3. The highest BCUT2D eigenvalue weighted by Gasteiger charge is 1.83. The molecule has 0 saturated heterocycles. The molecule has 1 rings (SSSR count). The predicted octanol–water partition coefficient (Wildman–Crippen LogP) is 0.919. The van der Waals surface area contributed by atoms with Crippen LogP contribution in [0.5, 0.6) is 0 Å². The minimum atomic E-state index is 0. The number of hydrogen-bond acceptors (Lipinski definition) is 1. The molecule has 0 radical (unpaired) electrons. The van der Waals surface area contributed by atoms with E-state index >= 15 is 0 Å². The van der Waals surface area contributed by atoms with Gasteiger partial charge in [0.1, 0.15) is 0 Å². The van der Waals surface area contributed by atoms with E-state index < -0.39 is 0 Å². The highest BCUT2D eigenvalue weighted by molar-refractivity contribution is 5.17. The van der Waals surface area contributed by atoms with Gasteiger partial charge in [-0.3, -0.25) is 0 Å². The third-order valence-corrected chi connectivity index (χ3v) is 1.50. The molecule has 2 heteroatoms. The van der Waals surface area contributed by atoms with Crippen molar-refractivity contribution < 1.29 is 5.48 Å². The summed E-state index contributed by atoms with van der Waals surface area (Å²) in [6.45, 7) is 0.632. The summed E-state index contributed by atoms with van der Waals surface area (Å²) in [5.74, 6) is 0. The van der Waals surface area contributed by atoms with Crippen LogP contribution in [0, 0.1) is 0 Å². The van der Waals surface area contributed by atoms with Crippen LogP contribution in [-0.2, 0) is 6.42 Å². The van der Waals surface area contributed by atoms with Crippen molar-refractivity contribution in [3.05, 3.63) is 48.0 Å². The summed E-state index contributed by atoms with van der Waals surface area (Å²) in [4.78, 5) is 0. The van der Waals surface area contributed by atoms with Gasteiger partial charge in [-0.15, -0.1) is 0 Å². The Morgan fingerprint density at radius 2 is 1.75 bits per heavy atom. The molecule has 0 fully saturated rings. The van der Waals surface area contributed by atoms with Crippen LogP contribution in [0.25, 0.3) is 0 Å². The maximum Gasteiger partial charge on any atom is 0.0106 e. The number of rotatable bonds is 3. The van der Waals surface area contributed by atoms with Crippen molar-refractivity contribution in [2.75, 3.05) is 6.54 Å². The molecule has 0 amide bonds. The molecule has 1 aromatic carbocycles. The summed E-state index contributed by atoms with van der Waals surface area (Å²) < 4.78 is 0. The van der Waals surface area contributed by atoms with Crippen molar-refractivity contribution in [1.82, 2.24) is 0 Å². The van der Waals surface area contributed by atoms with Crippen molar-refractivity contribution in [2.24, 2.45) is 5.73 Å². The zero-order valence-electron chi connectivity index (χ0n) is 7.03. The summed E-state index contributed by atoms with van der Waals surface area (Å²) in [5, 5.41) is 0. The predicted molar refractivity (Wildman–Crippen MR) is 52.0 cm³/mol. The molecule has 12 heavy (non-hydrogen) atoms. The van der Waals surface area contributed by atoms with E-state index in [0.717, 1.165) is 6.42 Å². The van der Waals surface area contributed by atoms with Crippen LogP contribution in [0.4, 0.5) is 0 Å². The van der Waals surface area contributed by atoms with E-state index in [1.807, 2.05) is 24.3 Å². The van der Waals surface area contributed by atoms with Gasteiger partial charge >= 0.3 is 0 Å². The van der Waals surface area contributed by atoms with Crippen LogP contribution in [0.2, 0.25) is 0 Å². The fourth-order valence-corrected chi connectivity index (χ4v) is 0.930. The van der Waals surface area contributed by atoms with Gasteiger partial charge in [0.15, 0.2) is 0 Å². The number of nitrogens with two attached hydrogens (primary N) is 1. The maximum absolute atomic E-state index is 5.31. The Labute approximate surface area is 73.0 Å². The smallest absolute Gasteiger partial charge is 0.0106 e. The average molecular weight is 165 g/mol. The van der Waals surface area contributed by atoms with Crippen LogP contribution in [-0.4, -0.2) is 12.0 Å². The van der Waals surface area contributed by atoms with E-state index in [1.54, 1.807) is 0 Å². The molecule has 0 spiro atoms. The molecule has 4 N–H and O–H groups in total. The van der Waals surface area contributed by atoms with Crippen LogP contribution in [0.1, 0.15) is 5.56 Å². The molecule has 0 saturated carbocycles. The largest absolute Gasteiger partial charge is 0.412 e. The van der Waals surface area contributed by atoms with Crippen molar-refractivity contribution in [1.29, 1.82) is 0 Å². The van der Waals surface area contributed by atoms with Crippen molar-refractivity contribution >= 4 is 0 Å². The van der Waals surface area contributed by atoms with Gasteiger partial charge in [-0.2, -0.15) is 0 Å². The lowest BCUT2D eigenvalue weighted by Crippen LogP contribution is -1.92. The Morgan fingerprint density at radius 3 is 2.33 bits per heavy atom. The molecule has 1 aromatic rings. The Balaban J connectivity index is 0.00000121. The molecule has 0 aliphatic heterocycles. The molecular formula is C10H15NO. The highest BCUT2D eigenvalue weighted by Crippen LogP contribution is 1.99. The van der Waals surface area contributed by atoms with Gasteiger partial charge in [0.25, 0.3) is 0 Å². The minimum Gasteiger partial charge on any atom is -0.412 e. The Kier molecular flexibility index (Phi) is 5.97. The highest BCUT2D eigenvalue weighted by atomic mass is 16.0. The molecule has 66 valence electrons. The Hall–Kier alpha value is -1.12. The van der Waals surface area contributed by atoms with Gasteiger partial charge in [0, 0.05) is 6.54 Å². The molecule has 0 atom stereocenters. The van der Waals surface area contributed by atoms with Gasteiger partial charge in [0.2, 0.25) is 0 Å². The summed E-state index contributed by atoms with van der Waals surface area (Å²) in [6.07, 6.45) is 5.06. The summed E-state index contributed by atoms with van der Waals surface area (Å²) >= 11 is 0. The molecule has 0 heterocycles. The third kappa shape index (κ3) is 3.91. The average Bonchev–Trinajstić information content (AvgIpc) is 2.07. The monoisotopic (exact) mass is 165 g/mol. The van der Waals surface area contributed by atoms with Crippen LogP contribution in [0.15, 0.2) is 42.5 Å². The second kappa shape index (κ2) is 6.58. The standard InChI is InChI=1S/C10H13N.H2O/c11-9-5-4-8-10-6-2-1-3-7-10;/h1-7H,8-9,11H2;1H2. The summed E-state index contributed by atoms with van der Waals surface area (Å²) in [5.41, 5.74) is 6.64. The second-order valence-corrected chi connectivity index (χ2v) is 2.40. The van der Waals surface area contributed by atoms with E-state index in [0.29, 0.717) is 6.54 Å². The lowest BCUT2D eigenvalue weighted by molar-refractivity contribution is 0.824. The van der Waals surface area contributed by atoms with E-state index in [-0.39, 0.29) is 5.48 Å². The maximum atomic E-state index is 5.31. The zero-order chi connectivity index (χ0) is 7.94. The van der Waals surface area contributed by atoms with Crippen LogP contribution >= 0.6 is 0 Å². The fraction of sp³-hybridized carbons (Fsp3) is 0.200. The van der Waals surface area contributed by atoms with Crippen LogP contribution < -0.4 is 5.73 Å². The van der Waals surface area contributed by atoms with Gasteiger partial charge in [-0.25, -0.2) is 0 Å². The Morgan fingerprint density at radius 1 is 1.08 bits per heavy atom. The number of allylic oxidation sites excluding steroid dienone is 1. The molecule has 0 aliphatic carbocycles. The minimum absolute atomic E-state index is 0. The van der Waals surface area contributed by atoms with Gasteiger partial charge in [-0.05, 0) is 12.0 Å². The number of hydrogen-bond donors (Lipinski definition) is 1. The van der Waals surface area contributed by atoms with Crippen LogP contribution in [0.3, 0.4) is 0 Å². The van der Waals surface area contributed by atoms with Crippen molar-refractivity contribution in [3.8, 4) is 0 Å². The van der Waals surface area contributed by atoms with Crippen molar-refractivity contribution in [2.45, 2.75) is 6.42 Å². The third-order valence-electron chi connectivity index (χ3n) is 1.50. The van der Waals surface area contributed by atoms with E-state index in [9.17, 15) is 0 Å². The summed E-state index contributed by atoms with van der Waals surface area (Å²) in [7, 11) is 0. The quantitative estimate of drug-likeness (QED) is 0.665. The first-order valence-electron chi connectivity index (χ1n) is 3.82. The molecule has 0 aliphatic rings. The lowest BCUT2D eigenvalue weighted by atomic mass is 10.1. The van der Waals surface area contributed by atoms with E-state index in [4.69, 9.17) is 5.73 Å². The fourth-order valence-electron chi connectivity index (χ4n) is 0.930. The first-order chi connectivity index (χ1) is 5.43. The molecule has 0 bridgehead atoms. The van der Waals surface area contributed by atoms with Gasteiger partial charge < -0.3 is 11.2 Å². The first kappa shape index (κ1) is 10.9. The first-order valence-corrected chi connectivity index (χ1v) is 3.82. The normalized spacial score (nSPS) is 9.75. The van der Waals surface area contributed by atoms with E-state index in [2.05, 4.69) is 18.2 Å². The SMILES string of the molecule is NCC=CCc1ccccc1.O. The Bertz CT molecular complexity index is 219. The molecule has 2 nitrogen and oxygen atoms in total. The second-order valence-electron chi connectivity index (χ2n) is 2.40. The van der Waals surface area contributed by atoms with Gasteiger partial charge in [-0.1, -0.05) is 42.5 Å². The van der Waals surface area contributed by atoms with E-state index in [1.165, 1.54) is 5.56 Å². The molecule has 0 aromatic heterocycles. The topological polar surface area (TPSA) is 57.5 Å². The van der Waals surface area contributed by atoms with Gasteiger partial charge in [0.05, 0.1) is 0 Å². The zero-order valence-corrected chi connectivity index (χ0v) is 7.03. The van der Waals surface area contributed by atoms with Crippen molar-refractivity contribution in [3.63, 3.8) is 0 Å².